The molecule has 0 aromatic carbocycles. The van der Waals surface area contributed by atoms with E-state index in [-0.39, 0.29) is 6.10 Å². The van der Waals surface area contributed by atoms with Crippen LogP contribution >= 0.6 is 0 Å². The van der Waals surface area contributed by atoms with Gasteiger partial charge in [0.05, 0.1) is 18.3 Å². The van der Waals surface area contributed by atoms with E-state index < -0.39 is 11.7 Å². The fourth-order valence-electron chi connectivity index (χ4n) is 2.46. The third kappa shape index (κ3) is 3.94. The van der Waals surface area contributed by atoms with E-state index in [4.69, 9.17) is 9.47 Å². The van der Waals surface area contributed by atoms with Gasteiger partial charge < -0.3 is 14.6 Å². The molecule has 0 aromatic heterocycles. The topological polar surface area (TPSA) is 38.7 Å². The number of aliphatic hydroxyl groups excluding tert-OH is 1. The molecule has 1 atom stereocenters. The van der Waals surface area contributed by atoms with E-state index in [0.717, 1.165) is 25.7 Å². The zero-order valence-electron chi connectivity index (χ0n) is 12.0. The third-order valence-electron chi connectivity index (χ3n) is 4.05. The second-order valence-corrected chi connectivity index (χ2v) is 6.33. The smallest absolute Gasteiger partial charge is 0.106 e. The van der Waals surface area contributed by atoms with Gasteiger partial charge >= 0.3 is 0 Å². The van der Waals surface area contributed by atoms with Crippen LogP contribution in [-0.2, 0) is 9.47 Å². The molecule has 1 fully saturated rings. The Morgan fingerprint density at radius 2 is 1.65 bits per heavy atom. The summed E-state index contributed by atoms with van der Waals surface area (Å²) in [7, 11) is 1.71. The summed E-state index contributed by atoms with van der Waals surface area (Å²) in [6.07, 6.45) is 3.65. The van der Waals surface area contributed by atoms with Crippen LogP contribution in [0.3, 0.4) is 0 Å². The van der Waals surface area contributed by atoms with Crippen molar-refractivity contribution in [1.82, 2.24) is 0 Å². The SMILES string of the molecule is COC1(C(O)COC(C)C)CCC(C)(C)CC1. The lowest BCUT2D eigenvalue weighted by molar-refractivity contribution is -0.158. The highest BCUT2D eigenvalue weighted by atomic mass is 16.5. The molecule has 0 spiro atoms. The standard InChI is InChI=1S/C14H28O3/c1-11(2)17-10-12(15)14(16-5)8-6-13(3,4)7-9-14/h11-12,15H,6-10H2,1-5H3. The minimum absolute atomic E-state index is 0.151. The minimum Gasteiger partial charge on any atom is -0.388 e. The lowest BCUT2D eigenvalue weighted by Crippen LogP contribution is -2.50. The van der Waals surface area contributed by atoms with E-state index in [1.807, 2.05) is 13.8 Å². The minimum atomic E-state index is -0.522. The number of methoxy groups -OCH3 is 1. The summed E-state index contributed by atoms with van der Waals surface area (Å²) in [6, 6.07) is 0. The second-order valence-electron chi connectivity index (χ2n) is 6.33. The van der Waals surface area contributed by atoms with Gasteiger partial charge in [0.15, 0.2) is 0 Å². The zero-order valence-corrected chi connectivity index (χ0v) is 12.0. The Balaban J connectivity index is 2.57. The molecular weight excluding hydrogens is 216 g/mol. The fourth-order valence-corrected chi connectivity index (χ4v) is 2.46. The lowest BCUT2D eigenvalue weighted by atomic mass is 9.69. The highest BCUT2D eigenvalue weighted by Gasteiger charge is 2.43. The largest absolute Gasteiger partial charge is 0.388 e. The number of aliphatic hydroxyl groups is 1. The van der Waals surface area contributed by atoms with Crippen LogP contribution < -0.4 is 0 Å². The van der Waals surface area contributed by atoms with Crippen LogP contribution in [0.1, 0.15) is 53.4 Å². The van der Waals surface area contributed by atoms with Crippen LogP contribution in [0, 0.1) is 5.41 Å². The maximum atomic E-state index is 10.3. The predicted molar refractivity (Wildman–Crippen MR) is 69.1 cm³/mol. The van der Waals surface area contributed by atoms with Crippen molar-refractivity contribution in [1.29, 1.82) is 0 Å². The van der Waals surface area contributed by atoms with Crippen LogP contribution in [-0.4, -0.2) is 36.6 Å². The number of hydrogen-bond donors (Lipinski definition) is 1. The van der Waals surface area contributed by atoms with E-state index in [0.29, 0.717) is 12.0 Å². The molecule has 1 aliphatic carbocycles. The maximum absolute atomic E-state index is 10.3. The first-order chi connectivity index (χ1) is 7.81. The Morgan fingerprint density at radius 1 is 1.12 bits per heavy atom. The predicted octanol–water partition coefficient (Wildman–Crippen LogP) is 2.76. The van der Waals surface area contributed by atoms with Gasteiger partial charge in [-0.1, -0.05) is 13.8 Å². The summed E-state index contributed by atoms with van der Waals surface area (Å²) >= 11 is 0. The molecule has 0 amide bonds. The van der Waals surface area contributed by atoms with Crippen LogP contribution in [0.2, 0.25) is 0 Å². The first kappa shape index (κ1) is 14.9. The van der Waals surface area contributed by atoms with Crippen molar-refractivity contribution in [3.05, 3.63) is 0 Å². The molecule has 0 aliphatic heterocycles. The second kappa shape index (κ2) is 5.68. The summed E-state index contributed by atoms with van der Waals surface area (Å²) in [5.41, 5.74) is -0.0228. The third-order valence-corrected chi connectivity index (χ3v) is 4.05. The van der Waals surface area contributed by atoms with Gasteiger partial charge in [-0.05, 0) is 44.9 Å². The Hall–Kier alpha value is -0.120. The molecule has 102 valence electrons. The highest BCUT2D eigenvalue weighted by molar-refractivity contribution is 4.95. The van der Waals surface area contributed by atoms with E-state index in [2.05, 4.69) is 13.8 Å². The lowest BCUT2D eigenvalue weighted by Gasteiger charge is -2.45. The quantitative estimate of drug-likeness (QED) is 0.808. The first-order valence-electron chi connectivity index (χ1n) is 6.66. The molecule has 1 N–H and O–H groups in total. The normalized spacial score (nSPS) is 24.9. The van der Waals surface area contributed by atoms with Crippen molar-refractivity contribution < 1.29 is 14.6 Å². The van der Waals surface area contributed by atoms with E-state index in [1.165, 1.54) is 0 Å². The average molecular weight is 244 g/mol. The van der Waals surface area contributed by atoms with Crippen molar-refractivity contribution >= 4 is 0 Å². The van der Waals surface area contributed by atoms with Gasteiger partial charge in [-0.3, -0.25) is 0 Å². The molecule has 3 heteroatoms. The monoisotopic (exact) mass is 244 g/mol. The molecule has 0 saturated heterocycles. The molecule has 0 heterocycles. The van der Waals surface area contributed by atoms with Gasteiger partial charge in [0, 0.05) is 7.11 Å². The van der Waals surface area contributed by atoms with Crippen molar-refractivity contribution in [2.45, 2.75) is 71.2 Å². The molecule has 1 unspecified atom stereocenters. The van der Waals surface area contributed by atoms with E-state index in [1.54, 1.807) is 7.11 Å². The maximum Gasteiger partial charge on any atom is 0.106 e. The molecule has 1 saturated carbocycles. The molecule has 0 radical (unpaired) electrons. The fraction of sp³-hybridized carbons (Fsp3) is 1.00. The average Bonchev–Trinajstić information content (AvgIpc) is 2.26. The summed E-state index contributed by atoms with van der Waals surface area (Å²) in [4.78, 5) is 0. The highest BCUT2D eigenvalue weighted by Crippen LogP contribution is 2.43. The van der Waals surface area contributed by atoms with E-state index >= 15 is 0 Å². The van der Waals surface area contributed by atoms with Crippen LogP contribution in [0.15, 0.2) is 0 Å². The molecule has 1 rings (SSSR count). The van der Waals surface area contributed by atoms with E-state index in [9.17, 15) is 5.11 Å². The van der Waals surface area contributed by atoms with Gasteiger partial charge in [0.1, 0.15) is 6.10 Å². The number of ether oxygens (including phenoxy) is 2. The summed E-state index contributed by atoms with van der Waals surface area (Å²) in [5.74, 6) is 0. The van der Waals surface area contributed by atoms with Crippen molar-refractivity contribution in [3.8, 4) is 0 Å². The van der Waals surface area contributed by atoms with Gasteiger partial charge in [-0.2, -0.15) is 0 Å². The van der Waals surface area contributed by atoms with Gasteiger partial charge in [-0.25, -0.2) is 0 Å². The number of rotatable bonds is 5. The molecule has 1 aliphatic rings. The number of hydrogen-bond acceptors (Lipinski definition) is 3. The molecule has 17 heavy (non-hydrogen) atoms. The van der Waals surface area contributed by atoms with Crippen molar-refractivity contribution in [2.75, 3.05) is 13.7 Å². The van der Waals surface area contributed by atoms with Crippen molar-refractivity contribution in [3.63, 3.8) is 0 Å². The first-order valence-corrected chi connectivity index (χ1v) is 6.66. The summed E-state index contributed by atoms with van der Waals surface area (Å²) in [6.45, 7) is 8.89. The summed E-state index contributed by atoms with van der Waals surface area (Å²) in [5, 5.41) is 10.3. The Morgan fingerprint density at radius 3 is 2.06 bits per heavy atom. The van der Waals surface area contributed by atoms with Crippen LogP contribution in [0.25, 0.3) is 0 Å². The van der Waals surface area contributed by atoms with Gasteiger partial charge in [0.25, 0.3) is 0 Å². The van der Waals surface area contributed by atoms with Gasteiger partial charge in [0.2, 0.25) is 0 Å². The summed E-state index contributed by atoms with van der Waals surface area (Å²) < 4.78 is 11.1. The van der Waals surface area contributed by atoms with Crippen LogP contribution in [0.4, 0.5) is 0 Å². The molecule has 0 bridgehead atoms. The Labute approximate surface area is 105 Å². The Kier molecular flexibility index (Phi) is 4.99. The molecular formula is C14H28O3. The molecule has 0 aromatic rings. The zero-order chi connectivity index (χ0) is 13.1. The van der Waals surface area contributed by atoms with Crippen molar-refractivity contribution in [2.24, 2.45) is 5.41 Å². The Bertz CT molecular complexity index is 226. The molecule has 3 nitrogen and oxygen atoms in total. The van der Waals surface area contributed by atoms with Crippen LogP contribution in [0.5, 0.6) is 0 Å². The van der Waals surface area contributed by atoms with Gasteiger partial charge in [-0.15, -0.1) is 0 Å².